The molecule has 2 aliphatic rings. The Morgan fingerprint density at radius 2 is 2.17 bits per heavy atom. The Bertz CT molecular complexity index is 948. The van der Waals surface area contributed by atoms with Gasteiger partial charge in [-0.3, -0.25) is 9.59 Å². The van der Waals surface area contributed by atoms with E-state index in [1.165, 1.54) is 12.1 Å². The zero-order valence-corrected chi connectivity index (χ0v) is 16.2. The van der Waals surface area contributed by atoms with Crippen LogP contribution in [0, 0.1) is 5.82 Å². The molecule has 29 heavy (non-hydrogen) atoms. The van der Waals surface area contributed by atoms with E-state index in [4.69, 9.17) is 9.47 Å². The summed E-state index contributed by atoms with van der Waals surface area (Å²) in [6.07, 6.45) is 1.60. The summed E-state index contributed by atoms with van der Waals surface area (Å²) >= 11 is 0. The first-order chi connectivity index (χ1) is 14.0. The summed E-state index contributed by atoms with van der Waals surface area (Å²) in [4.78, 5) is 27.1. The average molecular weight is 398 g/mol. The van der Waals surface area contributed by atoms with Crippen LogP contribution in [0.3, 0.4) is 0 Å². The molecule has 0 saturated carbocycles. The van der Waals surface area contributed by atoms with Crippen LogP contribution in [0.15, 0.2) is 42.5 Å². The molecule has 2 aromatic carbocycles. The zero-order chi connectivity index (χ0) is 20.4. The normalized spacial score (nSPS) is 21.0. The summed E-state index contributed by atoms with van der Waals surface area (Å²) in [7, 11) is 1.56. The molecular weight excluding hydrogens is 375 g/mol. The van der Waals surface area contributed by atoms with Crippen molar-refractivity contribution in [1.29, 1.82) is 0 Å². The number of nitrogens with zero attached hydrogens (tertiary/aromatic N) is 1. The molecule has 1 fully saturated rings. The Balaban J connectivity index is 1.54. The minimum Gasteiger partial charge on any atom is -0.497 e. The fourth-order valence-corrected chi connectivity index (χ4v) is 3.98. The lowest BCUT2D eigenvalue weighted by Gasteiger charge is -2.42. The number of carbonyl (C=O) groups is 2. The molecule has 1 N–H and O–H groups in total. The minimum atomic E-state index is -0.705. The third kappa shape index (κ3) is 4.04. The van der Waals surface area contributed by atoms with Crippen LogP contribution in [0.4, 0.5) is 4.39 Å². The van der Waals surface area contributed by atoms with Gasteiger partial charge in [0.2, 0.25) is 5.91 Å². The van der Waals surface area contributed by atoms with Crippen molar-refractivity contribution in [3.05, 3.63) is 59.4 Å². The van der Waals surface area contributed by atoms with Gasteiger partial charge in [0, 0.05) is 12.6 Å². The largest absolute Gasteiger partial charge is 0.497 e. The molecule has 0 bridgehead atoms. The zero-order valence-electron chi connectivity index (χ0n) is 16.2. The molecule has 0 aliphatic carbocycles. The number of fused-ring (bicyclic) bond motifs is 1. The molecule has 7 heteroatoms. The van der Waals surface area contributed by atoms with Crippen molar-refractivity contribution in [1.82, 2.24) is 10.2 Å². The topological polar surface area (TPSA) is 67.9 Å². The van der Waals surface area contributed by atoms with E-state index < -0.39 is 5.60 Å². The SMILES string of the molecule is COc1ccc2c(c1)OC1(CCCN(C(=O)Cc3cccc(F)c3)C1)CNC2=O. The van der Waals surface area contributed by atoms with Gasteiger partial charge in [0.15, 0.2) is 0 Å². The summed E-state index contributed by atoms with van der Waals surface area (Å²) in [5.74, 6) is 0.412. The van der Waals surface area contributed by atoms with Gasteiger partial charge in [0.05, 0.1) is 32.2 Å². The molecule has 1 spiro atoms. The number of ether oxygens (including phenoxy) is 2. The van der Waals surface area contributed by atoms with E-state index in [-0.39, 0.29) is 24.1 Å². The van der Waals surface area contributed by atoms with Crippen LogP contribution in [-0.4, -0.2) is 49.1 Å². The van der Waals surface area contributed by atoms with Crippen molar-refractivity contribution in [2.75, 3.05) is 26.7 Å². The summed E-state index contributed by atoms with van der Waals surface area (Å²) in [5, 5.41) is 2.92. The first kappa shape index (κ1) is 19.2. The Labute approximate surface area is 168 Å². The van der Waals surface area contributed by atoms with Gasteiger partial charge in [-0.2, -0.15) is 0 Å². The number of halogens is 1. The molecule has 2 heterocycles. The molecule has 6 nitrogen and oxygen atoms in total. The second kappa shape index (κ2) is 7.73. The van der Waals surface area contributed by atoms with E-state index >= 15 is 0 Å². The number of methoxy groups -OCH3 is 1. The monoisotopic (exact) mass is 398 g/mol. The lowest BCUT2D eigenvalue weighted by atomic mass is 9.92. The number of piperidine rings is 1. The number of benzene rings is 2. The lowest BCUT2D eigenvalue weighted by Crippen LogP contribution is -2.58. The fourth-order valence-electron chi connectivity index (χ4n) is 3.98. The number of amides is 2. The molecule has 152 valence electrons. The molecular formula is C22H23FN2O4. The van der Waals surface area contributed by atoms with E-state index in [2.05, 4.69) is 5.32 Å². The molecule has 0 aromatic heterocycles. The van der Waals surface area contributed by atoms with Crippen LogP contribution in [-0.2, 0) is 11.2 Å². The maximum atomic E-state index is 13.4. The van der Waals surface area contributed by atoms with Crippen molar-refractivity contribution in [2.24, 2.45) is 0 Å². The van der Waals surface area contributed by atoms with Gasteiger partial charge < -0.3 is 19.7 Å². The summed E-state index contributed by atoms with van der Waals surface area (Å²) < 4.78 is 25.0. The highest BCUT2D eigenvalue weighted by Gasteiger charge is 2.42. The van der Waals surface area contributed by atoms with Crippen LogP contribution < -0.4 is 14.8 Å². The van der Waals surface area contributed by atoms with Crippen molar-refractivity contribution in [2.45, 2.75) is 24.9 Å². The van der Waals surface area contributed by atoms with Crippen molar-refractivity contribution in [3.8, 4) is 11.5 Å². The number of hydrogen-bond acceptors (Lipinski definition) is 4. The first-order valence-corrected chi connectivity index (χ1v) is 9.65. The Kier molecular flexibility index (Phi) is 5.13. The van der Waals surface area contributed by atoms with Gasteiger partial charge in [-0.25, -0.2) is 4.39 Å². The van der Waals surface area contributed by atoms with E-state index in [1.807, 2.05) is 0 Å². The van der Waals surface area contributed by atoms with Gasteiger partial charge >= 0.3 is 0 Å². The first-order valence-electron chi connectivity index (χ1n) is 9.65. The second-order valence-electron chi connectivity index (χ2n) is 7.56. The number of nitrogens with one attached hydrogen (secondary N) is 1. The predicted molar refractivity (Wildman–Crippen MR) is 105 cm³/mol. The van der Waals surface area contributed by atoms with Gasteiger partial charge in [0.25, 0.3) is 5.91 Å². The Morgan fingerprint density at radius 3 is 2.97 bits per heavy atom. The average Bonchev–Trinajstić information content (AvgIpc) is 2.84. The van der Waals surface area contributed by atoms with Gasteiger partial charge in [-0.15, -0.1) is 0 Å². The third-order valence-electron chi connectivity index (χ3n) is 5.47. The summed E-state index contributed by atoms with van der Waals surface area (Å²) in [5.41, 5.74) is 0.383. The molecule has 0 radical (unpaired) electrons. The highest BCUT2D eigenvalue weighted by atomic mass is 19.1. The molecule has 2 amide bonds. The van der Waals surface area contributed by atoms with E-state index in [1.54, 1.807) is 42.3 Å². The minimum absolute atomic E-state index is 0.0836. The van der Waals surface area contributed by atoms with Crippen molar-refractivity contribution >= 4 is 11.8 Å². The Hall–Kier alpha value is -3.09. The molecule has 4 rings (SSSR count). The molecule has 1 unspecified atom stereocenters. The Morgan fingerprint density at radius 1 is 1.31 bits per heavy atom. The van der Waals surface area contributed by atoms with Gasteiger partial charge in [0.1, 0.15) is 22.9 Å². The maximum absolute atomic E-state index is 13.4. The van der Waals surface area contributed by atoms with Crippen LogP contribution in [0.2, 0.25) is 0 Å². The fraction of sp³-hybridized carbons (Fsp3) is 0.364. The van der Waals surface area contributed by atoms with Crippen molar-refractivity contribution in [3.63, 3.8) is 0 Å². The highest BCUT2D eigenvalue weighted by molar-refractivity contribution is 5.97. The van der Waals surface area contributed by atoms with Gasteiger partial charge in [-0.1, -0.05) is 12.1 Å². The van der Waals surface area contributed by atoms with Crippen molar-refractivity contribution < 1.29 is 23.5 Å². The number of likely N-dealkylation sites (tertiary alicyclic amines) is 1. The molecule has 1 saturated heterocycles. The standard InChI is InChI=1S/C22H23FN2O4/c1-28-17-6-7-18-19(12-17)29-22(13-24-21(18)27)8-3-9-25(14-22)20(26)11-15-4-2-5-16(23)10-15/h2,4-7,10,12H,3,8-9,11,13-14H2,1H3,(H,24,27). The van der Waals surface area contributed by atoms with Gasteiger partial charge in [-0.05, 0) is 42.7 Å². The van der Waals surface area contributed by atoms with Crippen LogP contribution in [0.1, 0.15) is 28.8 Å². The summed E-state index contributed by atoms with van der Waals surface area (Å²) in [6.45, 7) is 1.28. The molecule has 1 atom stereocenters. The second-order valence-corrected chi connectivity index (χ2v) is 7.56. The highest BCUT2D eigenvalue weighted by Crippen LogP contribution is 2.34. The molecule has 2 aliphatic heterocycles. The van der Waals surface area contributed by atoms with Crippen LogP contribution in [0.5, 0.6) is 11.5 Å². The number of hydrogen-bond donors (Lipinski definition) is 1. The summed E-state index contributed by atoms with van der Waals surface area (Å²) in [6, 6.07) is 11.2. The predicted octanol–water partition coefficient (Wildman–Crippen LogP) is 2.56. The van der Waals surface area contributed by atoms with E-state index in [0.717, 1.165) is 6.42 Å². The molecule has 2 aromatic rings. The third-order valence-corrected chi connectivity index (χ3v) is 5.47. The smallest absolute Gasteiger partial charge is 0.255 e. The number of rotatable bonds is 3. The van der Waals surface area contributed by atoms with E-state index in [0.29, 0.717) is 48.7 Å². The van der Waals surface area contributed by atoms with Crippen LogP contribution >= 0.6 is 0 Å². The number of carbonyl (C=O) groups excluding carboxylic acids is 2. The van der Waals surface area contributed by atoms with E-state index in [9.17, 15) is 14.0 Å². The maximum Gasteiger partial charge on any atom is 0.255 e. The quantitative estimate of drug-likeness (QED) is 0.863. The lowest BCUT2D eigenvalue weighted by molar-refractivity contribution is -0.136. The van der Waals surface area contributed by atoms with Crippen LogP contribution in [0.25, 0.3) is 0 Å².